The first kappa shape index (κ1) is 26.0. The number of aromatic amines is 1. The lowest BCUT2D eigenvalue weighted by atomic mass is 10.1. The van der Waals surface area contributed by atoms with Crippen molar-refractivity contribution in [2.75, 3.05) is 4.72 Å². The SMILES string of the molecule is O=[N+]([O-])c1ccc(/N=N/c2ccc(O)c3cccc(NS(=O)(=O)c4cccc(S(=O)(=O)Cl)c4)c23)c2[nH]nnc12. The van der Waals surface area contributed by atoms with Crippen molar-refractivity contribution in [3.63, 3.8) is 0 Å². The van der Waals surface area contributed by atoms with Crippen LogP contribution in [0, 0.1) is 10.1 Å². The van der Waals surface area contributed by atoms with E-state index in [9.17, 15) is 32.1 Å². The summed E-state index contributed by atoms with van der Waals surface area (Å²) in [5, 5.41) is 40.3. The normalized spacial score (nSPS) is 12.3. The fourth-order valence-electron chi connectivity index (χ4n) is 3.78. The van der Waals surface area contributed by atoms with Gasteiger partial charge in [0.15, 0.2) is 5.52 Å². The Morgan fingerprint density at radius 3 is 2.38 bits per heavy atom. The molecule has 3 N–H and O–H groups in total. The van der Waals surface area contributed by atoms with E-state index in [0.29, 0.717) is 0 Å². The van der Waals surface area contributed by atoms with Crippen LogP contribution in [0.5, 0.6) is 5.75 Å². The number of nitro benzene ring substituents is 1. The number of phenols is 1. The first-order valence-corrected chi connectivity index (χ1v) is 14.5. The van der Waals surface area contributed by atoms with Gasteiger partial charge < -0.3 is 5.11 Å². The molecule has 17 heteroatoms. The van der Waals surface area contributed by atoms with Gasteiger partial charge in [-0.15, -0.1) is 15.3 Å². The molecule has 0 saturated carbocycles. The third kappa shape index (κ3) is 4.95. The average molecular weight is 588 g/mol. The lowest BCUT2D eigenvalue weighted by Crippen LogP contribution is -2.13. The van der Waals surface area contributed by atoms with Gasteiger partial charge in [0, 0.05) is 27.5 Å². The molecule has 0 unspecified atom stereocenters. The Bertz CT molecular complexity index is 2050. The second-order valence-corrected chi connectivity index (χ2v) is 12.2. The Hall–Kier alpha value is -4.67. The third-order valence-corrected chi connectivity index (χ3v) is 8.26. The predicted octanol–water partition coefficient (Wildman–Crippen LogP) is 4.87. The average Bonchev–Trinajstić information content (AvgIpc) is 3.38. The van der Waals surface area contributed by atoms with E-state index in [1.54, 1.807) is 0 Å². The van der Waals surface area contributed by atoms with Crippen LogP contribution >= 0.6 is 10.7 Å². The van der Waals surface area contributed by atoms with Crippen molar-refractivity contribution in [2.45, 2.75) is 9.79 Å². The number of aromatic nitrogens is 3. The number of nitrogens with one attached hydrogen (secondary N) is 2. The van der Waals surface area contributed by atoms with Gasteiger partial charge in [0.25, 0.3) is 24.8 Å². The summed E-state index contributed by atoms with van der Waals surface area (Å²) in [6.07, 6.45) is 0. The van der Waals surface area contributed by atoms with E-state index in [2.05, 4.69) is 30.4 Å². The number of sulfonamides is 1. The first-order valence-electron chi connectivity index (χ1n) is 10.7. The van der Waals surface area contributed by atoms with Crippen LogP contribution in [-0.4, -0.2) is 42.3 Å². The second kappa shape index (κ2) is 9.57. The number of nitrogens with zero attached hydrogens (tertiary/aromatic N) is 5. The number of hydrogen-bond acceptors (Lipinski definition) is 11. The molecule has 198 valence electrons. The van der Waals surface area contributed by atoms with Crippen molar-refractivity contribution in [1.82, 2.24) is 15.4 Å². The maximum absolute atomic E-state index is 13.2. The number of aromatic hydroxyl groups is 1. The highest BCUT2D eigenvalue weighted by atomic mass is 35.7. The van der Waals surface area contributed by atoms with Crippen LogP contribution in [0.3, 0.4) is 0 Å². The van der Waals surface area contributed by atoms with Gasteiger partial charge in [-0.1, -0.05) is 23.4 Å². The highest BCUT2D eigenvalue weighted by Gasteiger charge is 2.21. The molecular formula is C22H14ClN7O7S2. The molecule has 1 heterocycles. The molecule has 0 atom stereocenters. The van der Waals surface area contributed by atoms with Gasteiger partial charge >= 0.3 is 0 Å². The number of anilines is 1. The molecule has 0 fully saturated rings. The molecule has 0 aliphatic heterocycles. The fourth-order valence-corrected chi connectivity index (χ4v) is 5.77. The van der Waals surface area contributed by atoms with Crippen LogP contribution in [0.4, 0.5) is 22.7 Å². The quantitative estimate of drug-likeness (QED) is 0.102. The number of benzene rings is 4. The van der Waals surface area contributed by atoms with Crippen LogP contribution in [0.15, 0.2) is 86.7 Å². The highest BCUT2D eigenvalue weighted by molar-refractivity contribution is 8.13. The molecule has 0 aliphatic rings. The summed E-state index contributed by atoms with van der Waals surface area (Å²) in [5.74, 6) is -0.171. The van der Waals surface area contributed by atoms with Crippen molar-refractivity contribution in [2.24, 2.45) is 10.2 Å². The number of azo groups is 1. The monoisotopic (exact) mass is 587 g/mol. The first-order chi connectivity index (χ1) is 18.5. The molecule has 0 bridgehead atoms. The van der Waals surface area contributed by atoms with Crippen molar-refractivity contribution >= 4 is 74.3 Å². The van der Waals surface area contributed by atoms with Gasteiger partial charge in [-0.25, -0.2) is 16.8 Å². The Balaban J connectivity index is 1.61. The summed E-state index contributed by atoms with van der Waals surface area (Å²) < 4.78 is 52.1. The lowest BCUT2D eigenvalue weighted by molar-refractivity contribution is -0.383. The molecule has 0 saturated heterocycles. The number of rotatable bonds is 7. The van der Waals surface area contributed by atoms with E-state index < -0.39 is 28.9 Å². The van der Waals surface area contributed by atoms with Gasteiger partial charge in [-0.3, -0.25) is 19.9 Å². The van der Waals surface area contributed by atoms with Crippen molar-refractivity contribution < 1.29 is 26.9 Å². The third-order valence-electron chi connectivity index (χ3n) is 5.55. The topological polar surface area (TPSA) is 210 Å². The maximum atomic E-state index is 13.2. The number of nitro groups is 1. The van der Waals surface area contributed by atoms with Crippen LogP contribution in [0.25, 0.3) is 21.8 Å². The summed E-state index contributed by atoms with van der Waals surface area (Å²) >= 11 is 0. The van der Waals surface area contributed by atoms with Crippen molar-refractivity contribution in [3.05, 3.63) is 76.8 Å². The van der Waals surface area contributed by atoms with E-state index in [1.165, 1.54) is 54.6 Å². The molecule has 14 nitrogen and oxygen atoms in total. The van der Waals surface area contributed by atoms with Crippen LogP contribution in [0.2, 0.25) is 0 Å². The zero-order valence-corrected chi connectivity index (χ0v) is 21.6. The largest absolute Gasteiger partial charge is 0.507 e. The van der Waals surface area contributed by atoms with Crippen LogP contribution in [0.1, 0.15) is 0 Å². The van der Waals surface area contributed by atoms with Gasteiger partial charge in [0.2, 0.25) is 0 Å². The van der Waals surface area contributed by atoms with Gasteiger partial charge in [-0.2, -0.15) is 0 Å². The number of non-ortho nitro benzene ring substituents is 1. The number of halogens is 1. The summed E-state index contributed by atoms with van der Waals surface area (Å²) in [5.41, 5.74) is 0.160. The minimum atomic E-state index is -4.33. The molecule has 0 aliphatic carbocycles. The van der Waals surface area contributed by atoms with Crippen molar-refractivity contribution in [3.8, 4) is 5.75 Å². The number of hydrogen-bond donors (Lipinski definition) is 3. The second-order valence-electron chi connectivity index (χ2n) is 7.95. The molecule has 4 aromatic carbocycles. The highest BCUT2D eigenvalue weighted by Crippen LogP contribution is 2.40. The summed E-state index contributed by atoms with van der Waals surface area (Å²) in [4.78, 5) is 9.87. The van der Waals surface area contributed by atoms with E-state index in [0.717, 1.165) is 12.1 Å². The summed E-state index contributed by atoms with van der Waals surface area (Å²) in [6, 6.07) is 14.2. The molecule has 5 aromatic rings. The molecule has 0 spiro atoms. The van der Waals surface area contributed by atoms with Gasteiger partial charge in [-0.05, 0) is 42.5 Å². The Morgan fingerprint density at radius 2 is 1.64 bits per heavy atom. The Kier molecular flexibility index (Phi) is 6.37. The Morgan fingerprint density at radius 1 is 0.949 bits per heavy atom. The fraction of sp³-hybridized carbons (Fsp3) is 0. The van der Waals surface area contributed by atoms with E-state index in [4.69, 9.17) is 10.7 Å². The van der Waals surface area contributed by atoms with E-state index in [1.807, 2.05) is 0 Å². The number of phenolic OH excluding ortho intramolecular Hbond substituents is 1. The van der Waals surface area contributed by atoms with Gasteiger partial charge in [0.05, 0.1) is 26.1 Å². The maximum Gasteiger partial charge on any atom is 0.299 e. The summed E-state index contributed by atoms with van der Waals surface area (Å²) in [6.45, 7) is 0. The van der Waals surface area contributed by atoms with Gasteiger partial charge in [0.1, 0.15) is 17.0 Å². The minimum absolute atomic E-state index is 0.00790. The zero-order chi connectivity index (χ0) is 27.9. The standard InChI is InChI=1S/C22H14ClN7O7S2/c23-38(34,35)12-3-1-4-13(11-12)39(36,37)28-16-6-2-5-14-19(31)10-8-15(20(14)16)24-25-17-7-9-18(30(32)33)22-21(17)26-29-27-22/h1-11,28,31H,(H,26,27,29)/b25-24+. The van der Waals surface area contributed by atoms with Crippen molar-refractivity contribution in [1.29, 1.82) is 0 Å². The molecular weight excluding hydrogens is 574 g/mol. The zero-order valence-electron chi connectivity index (χ0n) is 19.2. The van der Waals surface area contributed by atoms with Crippen LogP contribution < -0.4 is 4.72 Å². The number of H-pyrrole nitrogens is 1. The molecule has 0 radical (unpaired) electrons. The molecule has 39 heavy (non-hydrogen) atoms. The van der Waals surface area contributed by atoms with Crippen LogP contribution in [-0.2, 0) is 19.1 Å². The van der Waals surface area contributed by atoms with E-state index in [-0.39, 0.29) is 55.2 Å². The smallest absolute Gasteiger partial charge is 0.299 e. The summed E-state index contributed by atoms with van der Waals surface area (Å²) in [7, 11) is -3.16. The predicted molar refractivity (Wildman–Crippen MR) is 141 cm³/mol. The Labute approximate surface area is 223 Å². The molecule has 0 amide bonds. The van der Waals surface area contributed by atoms with E-state index >= 15 is 0 Å². The number of fused-ring (bicyclic) bond motifs is 2. The molecule has 1 aromatic heterocycles. The molecule has 5 rings (SSSR count). The minimum Gasteiger partial charge on any atom is -0.507 e. The lowest BCUT2D eigenvalue weighted by Gasteiger charge is -2.13.